The second kappa shape index (κ2) is 45.5. The Labute approximate surface area is 355 Å². The van der Waals surface area contributed by atoms with Crippen molar-refractivity contribution in [1.29, 1.82) is 0 Å². The minimum absolute atomic E-state index is 0.0629. The van der Waals surface area contributed by atoms with Crippen molar-refractivity contribution < 1.29 is 28.6 Å². The Morgan fingerprint density at radius 2 is 0.579 bits per heavy atom. The Morgan fingerprint density at radius 3 is 0.860 bits per heavy atom. The highest BCUT2D eigenvalue weighted by molar-refractivity contribution is 5.71. The van der Waals surface area contributed by atoms with Crippen LogP contribution in [-0.2, 0) is 28.6 Å². The molecule has 0 aromatic heterocycles. The second-order valence-electron chi connectivity index (χ2n) is 17.9. The van der Waals surface area contributed by atoms with Crippen LogP contribution in [0.5, 0.6) is 0 Å². The molecule has 6 nitrogen and oxygen atoms in total. The molecular weight excluding hydrogens is 709 g/mol. The molecule has 0 N–H and O–H groups in total. The molecule has 338 valence electrons. The number of rotatable bonds is 46. The van der Waals surface area contributed by atoms with E-state index >= 15 is 0 Å². The quantitative estimate of drug-likeness (QED) is 0.0346. The molecule has 0 aliphatic heterocycles. The topological polar surface area (TPSA) is 78.9 Å². The minimum atomic E-state index is -0.760. The molecule has 0 spiro atoms. The zero-order valence-electron chi connectivity index (χ0n) is 38.8. The largest absolute Gasteiger partial charge is 0.462 e. The molecular formula is C51H98O6. The van der Waals surface area contributed by atoms with E-state index in [4.69, 9.17) is 14.2 Å². The summed E-state index contributed by atoms with van der Waals surface area (Å²) in [6, 6.07) is 0. The van der Waals surface area contributed by atoms with Crippen LogP contribution in [0.2, 0.25) is 0 Å². The fraction of sp³-hybridized carbons (Fsp3) is 0.941. The van der Waals surface area contributed by atoms with Gasteiger partial charge in [-0.1, -0.05) is 246 Å². The summed E-state index contributed by atoms with van der Waals surface area (Å²) < 4.78 is 16.8. The van der Waals surface area contributed by atoms with Crippen molar-refractivity contribution in [3.63, 3.8) is 0 Å². The second-order valence-corrected chi connectivity index (χ2v) is 17.9. The van der Waals surface area contributed by atoms with Crippen LogP contribution in [-0.4, -0.2) is 37.2 Å². The fourth-order valence-corrected chi connectivity index (χ4v) is 7.69. The molecule has 6 heteroatoms. The third-order valence-electron chi connectivity index (χ3n) is 11.5. The van der Waals surface area contributed by atoms with E-state index in [1.807, 2.05) is 0 Å². The molecule has 0 aromatic rings. The van der Waals surface area contributed by atoms with Gasteiger partial charge in [0.15, 0.2) is 6.10 Å². The Morgan fingerprint density at radius 1 is 0.333 bits per heavy atom. The number of unbranched alkanes of at least 4 members (excludes halogenated alkanes) is 33. The van der Waals surface area contributed by atoms with Crippen molar-refractivity contribution in [1.82, 2.24) is 0 Å². The molecule has 0 bridgehead atoms. The van der Waals surface area contributed by atoms with Crippen molar-refractivity contribution in [2.24, 2.45) is 5.92 Å². The van der Waals surface area contributed by atoms with Gasteiger partial charge in [-0.3, -0.25) is 14.4 Å². The van der Waals surface area contributed by atoms with Gasteiger partial charge in [-0.2, -0.15) is 0 Å². The molecule has 0 rings (SSSR count). The van der Waals surface area contributed by atoms with Crippen molar-refractivity contribution in [2.45, 2.75) is 291 Å². The first kappa shape index (κ1) is 55.4. The van der Waals surface area contributed by atoms with Crippen LogP contribution in [0, 0.1) is 5.92 Å². The van der Waals surface area contributed by atoms with E-state index in [0.29, 0.717) is 19.3 Å². The van der Waals surface area contributed by atoms with Gasteiger partial charge in [0.1, 0.15) is 13.2 Å². The van der Waals surface area contributed by atoms with Gasteiger partial charge in [-0.05, 0) is 25.2 Å². The summed E-state index contributed by atoms with van der Waals surface area (Å²) in [5.74, 6) is -0.0192. The molecule has 57 heavy (non-hydrogen) atoms. The summed E-state index contributed by atoms with van der Waals surface area (Å²) in [4.78, 5) is 37.9. The summed E-state index contributed by atoms with van der Waals surface area (Å²) in [7, 11) is 0. The first-order chi connectivity index (χ1) is 27.9. The smallest absolute Gasteiger partial charge is 0.306 e. The number of carbonyl (C=O) groups excluding carboxylic acids is 3. The average molecular weight is 807 g/mol. The first-order valence-electron chi connectivity index (χ1n) is 25.4. The highest BCUT2D eigenvalue weighted by atomic mass is 16.6. The molecule has 0 aliphatic carbocycles. The zero-order chi connectivity index (χ0) is 41.7. The van der Waals surface area contributed by atoms with Gasteiger partial charge in [0, 0.05) is 19.3 Å². The van der Waals surface area contributed by atoms with Gasteiger partial charge >= 0.3 is 17.9 Å². The maximum Gasteiger partial charge on any atom is 0.306 e. The molecule has 0 fully saturated rings. The normalized spacial score (nSPS) is 11.9. The highest BCUT2D eigenvalue weighted by Gasteiger charge is 2.19. The number of carbonyl (C=O) groups is 3. The van der Waals surface area contributed by atoms with E-state index in [2.05, 4.69) is 27.7 Å². The number of hydrogen-bond donors (Lipinski definition) is 0. The molecule has 0 aliphatic rings. The van der Waals surface area contributed by atoms with Crippen LogP contribution in [0.4, 0.5) is 0 Å². The van der Waals surface area contributed by atoms with Crippen LogP contribution in [0.15, 0.2) is 0 Å². The van der Waals surface area contributed by atoms with E-state index in [0.717, 1.165) is 63.7 Å². The number of esters is 3. The lowest BCUT2D eigenvalue weighted by Gasteiger charge is -2.18. The Bertz CT molecular complexity index is 857. The van der Waals surface area contributed by atoms with E-state index in [9.17, 15) is 14.4 Å². The monoisotopic (exact) mass is 807 g/mol. The zero-order valence-corrected chi connectivity index (χ0v) is 38.8. The highest BCUT2D eigenvalue weighted by Crippen LogP contribution is 2.17. The van der Waals surface area contributed by atoms with Crippen LogP contribution >= 0.6 is 0 Å². The van der Waals surface area contributed by atoms with E-state index in [-0.39, 0.29) is 31.1 Å². The lowest BCUT2D eigenvalue weighted by atomic mass is 10.0. The summed E-state index contributed by atoms with van der Waals surface area (Å²) >= 11 is 0. The van der Waals surface area contributed by atoms with Gasteiger partial charge in [0.2, 0.25) is 0 Å². The Balaban J connectivity index is 4.31. The molecule has 0 unspecified atom stereocenters. The van der Waals surface area contributed by atoms with Crippen molar-refractivity contribution in [2.75, 3.05) is 13.2 Å². The van der Waals surface area contributed by atoms with E-state index in [1.54, 1.807) is 0 Å². The standard InChI is InChI=1S/C51H98O6/c1-5-7-9-11-13-15-17-18-19-23-28-32-36-40-44-51(54)57-48(45-55-49(52)42-38-34-30-26-21-16-14-12-10-8-6-2)46-56-50(53)43-39-35-31-27-24-20-22-25-29-33-37-41-47(3)4/h47-48H,5-46H2,1-4H3/t48-/m1/s1. The van der Waals surface area contributed by atoms with Gasteiger partial charge in [-0.25, -0.2) is 0 Å². The predicted octanol–water partition coefficient (Wildman–Crippen LogP) is 16.3. The summed E-state index contributed by atoms with van der Waals surface area (Å²) in [5.41, 5.74) is 0. The van der Waals surface area contributed by atoms with Gasteiger partial charge in [-0.15, -0.1) is 0 Å². The summed E-state index contributed by atoms with van der Waals surface area (Å²) in [6.45, 7) is 9.01. The van der Waals surface area contributed by atoms with Crippen molar-refractivity contribution in [3.05, 3.63) is 0 Å². The fourth-order valence-electron chi connectivity index (χ4n) is 7.69. The van der Waals surface area contributed by atoms with E-state index < -0.39 is 6.10 Å². The first-order valence-corrected chi connectivity index (χ1v) is 25.4. The van der Waals surface area contributed by atoms with Gasteiger partial charge < -0.3 is 14.2 Å². The Hall–Kier alpha value is -1.59. The van der Waals surface area contributed by atoms with E-state index in [1.165, 1.54) is 180 Å². The van der Waals surface area contributed by atoms with Gasteiger partial charge in [0.25, 0.3) is 0 Å². The molecule has 0 amide bonds. The van der Waals surface area contributed by atoms with Crippen LogP contribution in [0.1, 0.15) is 285 Å². The third-order valence-corrected chi connectivity index (χ3v) is 11.5. The average Bonchev–Trinajstić information content (AvgIpc) is 3.19. The van der Waals surface area contributed by atoms with Crippen molar-refractivity contribution >= 4 is 17.9 Å². The molecule has 0 heterocycles. The lowest BCUT2D eigenvalue weighted by Crippen LogP contribution is -2.30. The maximum atomic E-state index is 12.8. The third kappa shape index (κ3) is 45.3. The predicted molar refractivity (Wildman–Crippen MR) is 243 cm³/mol. The molecule has 0 saturated heterocycles. The molecule has 0 saturated carbocycles. The summed E-state index contributed by atoms with van der Waals surface area (Å²) in [6.07, 6.45) is 46.5. The van der Waals surface area contributed by atoms with Crippen LogP contribution in [0.3, 0.4) is 0 Å². The molecule has 0 radical (unpaired) electrons. The lowest BCUT2D eigenvalue weighted by molar-refractivity contribution is -0.167. The van der Waals surface area contributed by atoms with Crippen molar-refractivity contribution in [3.8, 4) is 0 Å². The van der Waals surface area contributed by atoms with Gasteiger partial charge in [0.05, 0.1) is 0 Å². The molecule has 1 atom stereocenters. The maximum absolute atomic E-state index is 12.8. The SMILES string of the molecule is CCCCCCCCCCCCCCCCC(=O)O[C@H](COC(=O)CCCCCCCCCCCCC)COC(=O)CCCCCCCCCCCCCC(C)C. The number of hydrogen-bond acceptors (Lipinski definition) is 6. The van der Waals surface area contributed by atoms with Crippen LogP contribution in [0.25, 0.3) is 0 Å². The number of ether oxygens (including phenoxy) is 3. The van der Waals surface area contributed by atoms with Crippen LogP contribution < -0.4 is 0 Å². The Kier molecular flexibility index (Phi) is 44.2. The molecule has 0 aromatic carbocycles. The summed E-state index contributed by atoms with van der Waals surface area (Å²) in [5, 5.41) is 0. The minimum Gasteiger partial charge on any atom is -0.462 e.